The van der Waals surface area contributed by atoms with Crippen molar-refractivity contribution in [2.45, 2.75) is 13.0 Å². The van der Waals surface area contributed by atoms with E-state index in [2.05, 4.69) is 21.9 Å². The van der Waals surface area contributed by atoms with Gasteiger partial charge in [0.25, 0.3) is 0 Å². The number of aliphatic carboxylic acids is 1. The Kier molecular flexibility index (Phi) is 5.56. The Bertz CT molecular complexity index is 690. The van der Waals surface area contributed by atoms with Gasteiger partial charge in [-0.25, -0.2) is 0 Å². The number of nitrogens with zero attached hydrogens (tertiary/aromatic N) is 2. The molecule has 0 amide bonds. The van der Waals surface area contributed by atoms with Crippen LogP contribution in [-0.4, -0.2) is 49.3 Å². The lowest BCUT2D eigenvalue weighted by atomic mass is 10.1. The van der Waals surface area contributed by atoms with E-state index >= 15 is 0 Å². The third-order valence-corrected chi connectivity index (χ3v) is 4.59. The summed E-state index contributed by atoms with van der Waals surface area (Å²) in [5, 5.41) is 8.83. The van der Waals surface area contributed by atoms with E-state index in [0.29, 0.717) is 0 Å². The number of rotatable bonds is 6. The molecule has 0 aliphatic carbocycles. The third-order valence-electron chi connectivity index (χ3n) is 4.59. The molecule has 3 rings (SSSR count). The predicted molar refractivity (Wildman–Crippen MR) is 98.3 cm³/mol. The molecule has 1 fully saturated rings. The van der Waals surface area contributed by atoms with Gasteiger partial charge in [-0.05, 0) is 35.4 Å². The van der Waals surface area contributed by atoms with Gasteiger partial charge >= 0.3 is 5.97 Å². The number of hydrogen-bond donors (Lipinski definition) is 1. The predicted octanol–water partition coefficient (Wildman–Crippen LogP) is 2.64. The molecular formula is C20H24N2O3. The van der Waals surface area contributed by atoms with Crippen molar-refractivity contribution in [1.82, 2.24) is 4.90 Å². The molecular weight excluding hydrogens is 316 g/mol. The highest BCUT2D eigenvalue weighted by Crippen LogP contribution is 2.21. The molecule has 0 unspecified atom stereocenters. The van der Waals surface area contributed by atoms with Crippen LogP contribution in [0.3, 0.4) is 0 Å². The molecule has 1 aliphatic heterocycles. The maximum Gasteiger partial charge on any atom is 0.307 e. The summed E-state index contributed by atoms with van der Waals surface area (Å²) >= 11 is 0. The van der Waals surface area contributed by atoms with Crippen LogP contribution in [0, 0.1) is 0 Å². The minimum Gasteiger partial charge on any atom is -0.497 e. The molecule has 5 nitrogen and oxygen atoms in total. The Hall–Kier alpha value is -2.53. The van der Waals surface area contributed by atoms with Gasteiger partial charge in [-0.15, -0.1) is 0 Å². The van der Waals surface area contributed by atoms with Gasteiger partial charge < -0.3 is 14.7 Å². The monoisotopic (exact) mass is 340 g/mol. The second-order valence-corrected chi connectivity index (χ2v) is 6.35. The zero-order valence-corrected chi connectivity index (χ0v) is 14.5. The van der Waals surface area contributed by atoms with Gasteiger partial charge in [0.05, 0.1) is 13.5 Å². The molecule has 1 aliphatic rings. The third kappa shape index (κ3) is 4.73. The van der Waals surface area contributed by atoms with E-state index in [1.54, 1.807) is 7.11 Å². The first-order valence-corrected chi connectivity index (χ1v) is 8.55. The van der Waals surface area contributed by atoms with Crippen LogP contribution in [0.2, 0.25) is 0 Å². The zero-order chi connectivity index (χ0) is 17.6. The Labute approximate surface area is 148 Å². The van der Waals surface area contributed by atoms with E-state index in [9.17, 15) is 4.79 Å². The maximum absolute atomic E-state index is 10.7. The highest BCUT2D eigenvalue weighted by molar-refractivity contribution is 5.70. The van der Waals surface area contributed by atoms with Crippen LogP contribution in [0.15, 0.2) is 48.5 Å². The number of ether oxygens (including phenoxy) is 1. The highest BCUT2D eigenvalue weighted by atomic mass is 16.5. The molecule has 5 heteroatoms. The van der Waals surface area contributed by atoms with E-state index in [0.717, 1.165) is 44.0 Å². The molecule has 2 aromatic rings. The Balaban J connectivity index is 1.51. The first kappa shape index (κ1) is 17.3. The molecule has 0 atom stereocenters. The lowest BCUT2D eigenvalue weighted by Gasteiger charge is -2.36. The van der Waals surface area contributed by atoms with Crippen molar-refractivity contribution >= 4 is 11.7 Å². The summed E-state index contributed by atoms with van der Waals surface area (Å²) in [6, 6.07) is 16.1. The summed E-state index contributed by atoms with van der Waals surface area (Å²) in [6.45, 7) is 4.95. The minimum atomic E-state index is -0.789. The average molecular weight is 340 g/mol. The van der Waals surface area contributed by atoms with Crippen molar-refractivity contribution in [3.05, 3.63) is 59.7 Å². The molecule has 0 radical (unpaired) electrons. The number of carboxylic acids is 1. The fourth-order valence-electron chi connectivity index (χ4n) is 3.15. The molecule has 1 heterocycles. The van der Waals surface area contributed by atoms with Crippen molar-refractivity contribution in [2.24, 2.45) is 0 Å². The number of anilines is 1. The van der Waals surface area contributed by atoms with Crippen molar-refractivity contribution in [3.63, 3.8) is 0 Å². The fraction of sp³-hybridized carbons (Fsp3) is 0.350. The largest absolute Gasteiger partial charge is 0.497 e. The number of hydrogen-bond acceptors (Lipinski definition) is 4. The van der Waals surface area contributed by atoms with Gasteiger partial charge in [0, 0.05) is 38.4 Å². The molecule has 25 heavy (non-hydrogen) atoms. The SMILES string of the molecule is COc1ccc(N2CCN(Cc3ccc(CC(=O)O)cc3)CC2)cc1. The van der Waals surface area contributed by atoms with Crippen LogP contribution in [0.4, 0.5) is 5.69 Å². The topological polar surface area (TPSA) is 53.0 Å². The van der Waals surface area contributed by atoms with Crippen LogP contribution in [-0.2, 0) is 17.8 Å². The molecule has 2 aromatic carbocycles. The van der Waals surface area contributed by atoms with Crippen molar-refractivity contribution < 1.29 is 14.6 Å². The highest BCUT2D eigenvalue weighted by Gasteiger charge is 2.17. The fourth-order valence-corrected chi connectivity index (χ4v) is 3.15. The second kappa shape index (κ2) is 8.03. The number of methoxy groups -OCH3 is 1. The molecule has 0 spiro atoms. The van der Waals surface area contributed by atoms with E-state index in [1.807, 2.05) is 36.4 Å². The van der Waals surface area contributed by atoms with Crippen LogP contribution in [0.1, 0.15) is 11.1 Å². The smallest absolute Gasteiger partial charge is 0.307 e. The van der Waals surface area contributed by atoms with Gasteiger partial charge in [-0.3, -0.25) is 9.69 Å². The first-order chi connectivity index (χ1) is 12.1. The van der Waals surface area contributed by atoms with Gasteiger partial charge in [0.15, 0.2) is 0 Å². The summed E-state index contributed by atoms with van der Waals surface area (Å²) < 4.78 is 5.21. The average Bonchev–Trinajstić information content (AvgIpc) is 2.64. The van der Waals surface area contributed by atoms with E-state index < -0.39 is 5.97 Å². The Morgan fingerprint density at radius 2 is 1.56 bits per heavy atom. The molecule has 132 valence electrons. The quantitative estimate of drug-likeness (QED) is 0.876. The molecule has 1 saturated heterocycles. The number of carboxylic acid groups (broad SMARTS) is 1. The van der Waals surface area contributed by atoms with Gasteiger partial charge in [-0.1, -0.05) is 24.3 Å². The van der Waals surface area contributed by atoms with Gasteiger partial charge in [0.1, 0.15) is 5.75 Å². The van der Waals surface area contributed by atoms with Crippen molar-refractivity contribution in [1.29, 1.82) is 0 Å². The molecule has 1 N–H and O–H groups in total. The molecule has 0 saturated carbocycles. The van der Waals surface area contributed by atoms with E-state index in [-0.39, 0.29) is 6.42 Å². The number of benzene rings is 2. The molecule has 0 bridgehead atoms. The van der Waals surface area contributed by atoms with Gasteiger partial charge in [-0.2, -0.15) is 0 Å². The van der Waals surface area contributed by atoms with E-state index in [4.69, 9.17) is 9.84 Å². The number of piperazine rings is 1. The summed E-state index contributed by atoms with van der Waals surface area (Å²) in [4.78, 5) is 15.6. The lowest BCUT2D eigenvalue weighted by molar-refractivity contribution is -0.136. The standard InChI is InChI=1S/C20H24N2O3/c1-25-19-8-6-18(7-9-19)22-12-10-21(11-13-22)15-17-4-2-16(3-5-17)14-20(23)24/h2-9H,10-15H2,1H3,(H,23,24). The van der Waals surface area contributed by atoms with Crippen molar-refractivity contribution in [2.75, 3.05) is 38.2 Å². The van der Waals surface area contributed by atoms with Crippen LogP contribution in [0.5, 0.6) is 5.75 Å². The Morgan fingerprint density at radius 3 is 2.12 bits per heavy atom. The molecule has 0 aromatic heterocycles. The minimum absolute atomic E-state index is 0.0841. The summed E-state index contributed by atoms with van der Waals surface area (Å²) in [7, 11) is 1.68. The zero-order valence-electron chi connectivity index (χ0n) is 14.5. The normalized spacial score (nSPS) is 15.2. The Morgan fingerprint density at radius 1 is 0.960 bits per heavy atom. The van der Waals surface area contributed by atoms with E-state index in [1.165, 1.54) is 11.3 Å². The summed E-state index contributed by atoms with van der Waals surface area (Å²) in [5.74, 6) is 0.0936. The van der Waals surface area contributed by atoms with Gasteiger partial charge in [0.2, 0.25) is 0 Å². The van der Waals surface area contributed by atoms with Crippen LogP contribution in [0.25, 0.3) is 0 Å². The van der Waals surface area contributed by atoms with Crippen LogP contribution < -0.4 is 9.64 Å². The van der Waals surface area contributed by atoms with Crippen LogP contribution >= 0.6 is 0 Å². The summed E-state index contributed by atoms with van der Waals surface area (Å²) in [5.41, 5.74) is 3.31. The number of carbonyl (C=O) groups is 1. The lowest BCUT2D eigenvalue weighted by Crippen LogP contribution is -2.45. The first-order valence-electron chi connectivity index (χ1n) is 8.55. The second-order valence-electron chi connectivity index (χ2n) is 6.35. The van der Waals surface area contributed by atoms with Crippen molar-refractivity contribution in [3.8, 4) is 5.75 Å². The maximum atomic E-state index is 10.7. The summed E-state index contributed by atoms with van der Waals surface area (Å²) in [6.07, 6.45) is 0.0841.